The lowest BCUT2D eigenvalue weighted by Crippen LogP contribution is -2.15. The lowest BCUT2D eigenvalue weighted by molar-refractivity contribution is -0.109. The Labute approximate surface area is 129 Å². The van der Waals surface area contributed by atoms with Gasteiger partial charge in [-0.2, -0.15) is 8.42 Å². The summed E-state index contributed by atoms with van der Waals surface area (Å²) in [6, 6.07) is 1.52. The van der Waals surface area contributed by atoms with E-state index in [0.717, 1.165) is 18.0 Å². The van der Waals surface area contributed by atoms with E-state index in [1.54, 1.807) is 0 Å². The van der Waals surface area contributed by atoms with Crippen molar-refractivity contribution in [1.82, 2.24) is 15.0 Å². The molecule has 1 N–H and O–H groups in total. The van der Waals surface area contributed by atoms with Crippen molar-refractivity contribution < 1.29 is 22.4 Å². The van der Waals surface area contributed by atoms with Crippen LogP contribution in [0.2, 0.25) is 0 Å². The van der Waals surface area contributed by atoms with Gasteiger partial charge in [-0.15, -0.1) is 0 Å². The van der Waals surface area contributed by atoms with Crippen LogP contribution in [0.3, 0.4) is 0 Å². The number of ketones is 1. The third-order valence-corrected chi connectivity index (χ3v) is 4.10. The number of hydrogen-bond donors (Lipinski definition) is 1. The van der Waals surface area contributed by atoms with Crippen LogP contribution < -0.4 is 4.72 Å². The molecule has 0 saturated heterocycles. The van der Waals surface area contributed by atoms with E-state index in [0.29, 0.717) is 0 Å². The quantitative estimate of drug-likeness (QED) is 0.754. The van der Waals surface area contributed by atoms with Gasteiger partial charge in [-0.1, -0.05) is 11.8 Å². The second-order valence-electron chi connectivity index (χ2n) is 3.87. The number of carbonyl (C=O) groups excluding carboxylic acids is 2. The van der Waals surface area contributed by atoms with E-state index in [9.17, 15) is 18.0 Å². The number of oxazole rings is 1. The van der Waals surface area contributed by atoms with Gasteiger partial charge >= 0.3 is 15.2 Å². The number of hydrogen-bond acceptors (Lipinski definition) is 9. The molecule has 0 aliphatic rings. The maximum Gasteiger partial charge on any atom is 0.336 e. The smallest absolute Gasteiger partial charge is 0.336 e. The summed E-state index contributed by atoms with van der Waals surface area (Å²) in [4.78, 5) is 33.4. The molecule has 0 amide bonds. The van der Waals surface area contributed by atoms with Crippen LogP contribution in [0.15, 0.2) is 34.3 Å². The van der Waals surface area contributed by atoms with Crippen molar-refractivity contribution in [2.24, 2.45) is 0 Å². The number of sulfonamides is 1. The summed E-state index contributed by atoms with van der Waals surface area (Å²) < 4.78 is 31.0. The first-order chi connectivity index (χ1) is 10.4. The van der Waals surface area contributed by atoms with Crippen molar-refractivity contribution >= 4 is 38.6 Å². The van der Waals surface area contributed by atoms with Crippen molar-refractivity contribution in [2.45, 2.75) is 12.1 Å². The molecule has 11 heteroatoms. The Kier molecular flexibility index (Phi) is 4.88. The zero-order chi connectivity index (χ0) is 16.2. The number of aromatic nitrogens is 3. The van der Waals surface area contributed by atoms with Crippen LogP contribution in [0.5, 0.6) is 0 Å². The number of nitrogens with one attached hydrogen (secondary N) is 1. The van der Waals surface area contributed by atoms with Crippen LogP contribution in [0.4, 0.5) is 5.95 Å². The molecular formula is C11H10N4O5S2. The molecule has 0 aliphatic carbocycles. The van der Waals surface area contributed by atoms with Gasteiger partial charge in [0.15, 0.2) is 10.9 Å². The topological polar surface area (TPSA) is 132 Å². The van der Waals surface area contributed by atoms with E-state index < -0.39 is 21.0 Å². The molecule has 0 aromatic carbocycles. The van der Waals surface area contributed by atoms with Crippen molar-refractivity contribution in [3.63, 3.8) is 0 Å². The number of thioether (sulfide) groups is 1. The number of carbonyl (C=O) groups is 2. The van der Waals surface area contributed by atoms with Gasteiger partial charge in [-0.25, -0.2) is 19.7 Å². The van der Waals surface area contributed by atoms with Gasteiger partial charge in [0.25, 0.3) is 0 Å². The third-order valence-electron chi connectivity index (χ3n) is 2.19. The van der Waals surface area contributed by atoms with E-state index in [2.05, 4.69) is 19.7 Å². The molecule has 2 rings (SSSR count). The number of anilines is 1. The normalized spacial score (nSPS) is 11.1. The molecule has 116 valence electrons. The molecule has 0 radical (unpaired) electrons. The molecule has 0 unspecified atom stereocenters. The average molecular weight is 342 g/mol. The Hall–Kier alpha value is -2.27. The maximum absolute atomic E-state index is 12.0. The zero-order valence-corrected chi connectivity index (χ0v) is 12.8. The molecule has 2 aromatic rings. The average Bonchev–Trinajstić information content (AvgIpc) is 2.96. The summed E-state index contributed by atoms with van der Waals surface area (Å²) in [7, 11) is -4.14. The van der Waals surface area contributed by atoms with E-state index >= 15 is 0 Å². The van der Waals surface area contributed by atoms with Gasteiger partial charge in [0.05, 0.1) is 11.9 Å². The summed E-state index contributed by atoms with van der Waals surface area (Å²) in [5.41, 5.74) is 0. The highest BCUT2D eigenvalue weighted by molar-refractivity contribution is 8.14. The van der Waals surface area contributed by atoms with E-state index in [4.69, 9.17) is 4.42 Å². The second-order valence-corrected chi connectivity index (χ2v) is 6.58. The summed E-state index contributed by atoms with van der Waals surface area (Å²) >= 11 is 0.792. The Morgan fingerprint density at radius 2 is 1.95 bits per heavy atom. The first kappa shape index (κ1) is 16.1. The highest BCUT2D eigenvalue weighted by Crippen LogP contribution is 2.15. The number of Topliss-reactive ketones (excluding diaryl/α,β-unsaturated/α-hetero) is 1. The number of nitrogens with zero attached hydrogens (tertiary/aromatic N) is 3. The van der Waals surface area contributed by atoms with Gasteiger partial charge in [0, 0.05) is 19.3 Å². The van der Waals surface area contributed by atoms with Gasteiger partial charge in [0.2, 0.25) is 11.7 Å². The van der Waals surface area contributed by atoms with Gasteiger partial charge in [0.1, 0.15) is 0 Å². The highest BCUT2D eigenvalue weighted by atomic mass is 32.2. The predicted molar refractivity (Wildman–Crippen MR) is 76.8 cm³/mol. The lowest BCUT2D eigenvalue weighted by Gasteiger charge is -2.01. The predicted octanol–water partition coefficient (Wildman–Crippen LogP) is 0.728. The number of rotatable bonds is 6. The molecule has 2 aromatic heterocycles. The fourth-order valence-corrected chi connectivity index (χ4v) is 2.57. The Morgan fingerprint density at radius 1 is 1.27 bits per heavy atom. The molecule has 0 bridgehead atoms. The van der Waals surface area contributed by atoms with E-state index in [-0.39, 0.29) is 22.6 Å². The van der Waals surface area contributed by atoms with Crippen LogP contribution in [-0.2, 0) is 14.8 Å². The minimum atomic E-state index is -4.14. The molecule has 2 heterocycles. The van der Waals surface area contributed by atoms with Crippen molar-refractivity contribution in [3.8, 4) is 0 Å². The van der Waals surface area contributed by atoms with E-state index in [1.807, 2.05) is 0 Å². The summed E-state index contributed by atoms with van der Waals surface area (Å²) in [5.74, 6) is -1.09. The standard InChI is InChI=1S/C11H10N4O5S2/c1-7(16)21-6-8(17)9-5-14-11(20-9)22(18,19)15-10-12-3-2-4-13-10/h2-5H,6H2,1H3,(H,12,13,15). The third kappa shape index (κ3) is 4.11. The summed E-state index contributed by atoms with van der Waals surface area (Å²) in [5, 5.41) is -0.917. The fraction of sp³-hybridized carbons (Fsp3) is 0.182. The molecule has 22 heavy (non-hydrogen) atoms. The summed E-state index contributed by atoms with van der Waals surface area (Å²) in [6.07, 6.45) is 3.70. The molecule has 0 saturated carbocycles. The van der Waals surface area contributed by atoms with Gasteiger partial charge < -0.3 is 4.42 Å². The van der Waals surface area contributed by atoms with Crippen LogP contribution in [-0.4, -0.2) is 40.0 Å². The van der Waals surface area contributed by atoms with Crippen molar-refractivity contribution in [3.05, 3.63) is 30.4 Å². The Morgan fingerprint density at radius 3 is 2.59 bits per heavy atom. The maximum atomic E-state index is 12.0. The van der Waals surface area contributed by atoms with E-state index in [1.165, 1.54) is 25.4 Å². The Bertz CT molecular complexity index is 788. The minimum absolute atomic E-state index is 0.152. The summed E-state index contributed by atoms with van der Waals surface area (Å²) in [6.45, 7) is 1.32. The van der Waals surface area contributed by atoms with Crippen LogP contribution >= 0.6 is 11.8 Å². The van der Waals surface area contributed by atoms with Crippen LogP contribution in [0.25, 0.3) is 0 Å². The molecule has 0 fully saturated rings. The second kappa shape index (κ2) is 6.66. The highest BCUT2D eigenvalue weighted by Gasteiger charge is 2.24. The molecule has 0 spiro atoms. The first-order valence-corrected chi connectivity index (χ1v) is 8.27. The van der Waals surface area contributed by atoms with Crippen molar-refractivity contribution in [1.29, 1.82) is 0 Å². The Balaban J connectivity index is 2.13. The van der Waals surface area contributed by atoms with Crippen LogP contribution in [0, 0.1) is 0 Å². The monoisotopic (exact) mass is 342 g/mol. The fourth-order valence-electron chi connectivity index (χ4n) is 1.27. The van der Waals surface area contributed by atoms with Crippen molar-refractivity contribution in [2.75, 3.05) is 10.5 Å². The minimum Gasteiger partial charge on any atom is -0.423 e. The molecule has 0 atom stereocenters. The lowest BCUT2D eigenvalue weighted by atomic mass is 10.4. The molecule has 9 nitrogen and oxygen atoms in total. The van der Waals surface area contributed by atoms with Gasteiger partial charge in [-0.3, -0.25) is 9.59 Å². The SMILES string of the molecule is CC(=O)SCC(=O)c1cnc(S(=O)(=O)Nc2ncccn2)o1. The van der Waals surface area contributed by atoms with Crippen LogP contribution in [0.1, 0.15) is 17.5 Å². The molecular weight excluding hydrogens is 332 g/mol. The molecule has 0 aliphatic heterocycles. The first-order valence-electron chi connectivity index (χ1n) is 5.81. The zero-order valence-electron chi connectivity index (χ0n) is 11.2. The largest absolute Gasteiger partial charge is 0.423 e. The van der Waals surface area contributed by atoms with Gasteiger partial charge in [-0.05, 0) is 6.07 Å².